The Morgan fingerprint density at radius 1 is 1.19 bits per heavy atom. The van der Waals surface area contributed by atoms with Crippen LogP contribution >= 0.6 is 12.4 Å². The molecule has 26 heavy (non-hydrogen) atoms. The number of hydrogen-bond acceptors (Lipinski definition) is 6. The minimum Gasteiger partial charge on any atom is -0.493 e. The van der Waals surface area contributed by atoms with Gasteiger partial charge in [-0.1, -0.05) is 6.92 Å². The van der Waals surface area contributed by atoms with Gasteiger partial charge < -0.3 is 10.1 Å². The monoisotopic (exact) mass is 426 g/mol. The second-order valence-electron chi connectivity index (χ2n) is 6.03. The molecule has 0 bridgehead atoms. The van der Waals surface area contributed by atoms with Crippen LogP contribution < -0.4 is 10.1 Å². The summed E-state index contributed by atoms with van der Waals surface area (Å²) in [4.78, 5) is 0.226. The molecule has 0 aromatic heterocycles. The Kier molecular flexibility index (Phi) is 8.81. The minimum absolute atomic E-state index is 0. The average molecular weight is 427 g/mol. The van der Waals surface area contributed by atoms with Gasteiger partial charge in [0.25, 0.3) is 0 Å². The Morgan fingerprint density at radius 2 is 1.85 bits per heavy atom. The lowest BCUT2D eigenvalue weighted by atomic mass is 10.2. The Labute approximate surface area is 162 Å². The Hall–Kier alpha value is -0.870. The van der Waals surface area contributed by atoms with Crippen LogP contribution in [0.4, 0.5) is 0 Å². The van der Waals surface area contributed by atoms with Crippen LogP contribution in [0.2, 0.25) is 0 Å². The van der Waals surface area contributed by atoms with Crippen molar-refractivity contribution in [2.24, 2.45) is 0 Å². The highest BCUT2D eigenvalue weighted by molar-refractivity contribution is 7.91. The summed E-state index contributed by atoms with van der Waals surface area (Å²) >= 11 is 0. The third kappa shape index (κ3) is 5.82. The number of hydrogen-bond donors (Lipinski definition) is 1. The van der Waals surface area contributed by atoms with Gasteiger partial charge in [-0.15, -0.1) is 12.4 Å². The topological polar surface area (TPSA) is 92.8 Å². The summed E-state index contributed by atoms with van der Waals surface area (Å²) in [5.74, 6) is 0.485. The van der Waals surface area contributed by atoms with Crippen molar-refractivity contribution < 1.29 is 21.6 Å². The van der Waals surface area contributed by atoms with Crippen LogP contribution in [0.25, 0.3) is 0 Å². The summed E-state index contributed by atoms with van der Waals surface area (Å²) in [6, 6.07) is 6.12. The van der Waals surface area contributed by atoms with Crippen molar-refractivity contribution in [3.05, 3.63) is 24.3 Å². The van der Waals surface area contributed by atoms with Crippen molar-refractivity contribution in [2.45, 2.75) is 30.7 Å². The van der Waals surface area contributed by atoms with Gasteiger partial charge in [-0.3, -0.25) is 0 Å². The Bertz CT molecular complexity index is 766. The second kappa shape index (κ2) is 9.89. The largest absolute Gasteiger partial charge is 0.493 e. The maximum atomic E-state index is 12.8. The smallest absolute Gasteiger partial charge is 0.243 e. The molecule has 2 rings (SSSR count). The normalized spacial score (nSPS) is 18.5. The molecule has 1 fully saturated rings. The number of likely N-dealkylation sites (N-methyl/N-ethyl adjacent to an activating group) is 1. The van der Waals surface area contributed by atoms with Crippen LogP contribution in [0, 0.1) is 0 Å². The first-order valence-electron chi connectivity index (χ1n) is 8.40. The molecule has 1 atom stereocenters. The third-order valence-electron chi connectivity index (χ3n) is 4.30. The molecular formula is C16H27ClN2O5S2. The maximum absolute atomic E-state index is 12.8. The van der Waals surface area contributed by atoms with E-state index in [0.717, 1.165) is 12.8 Å². The number of sulfone groups is 1. The highest BCUT2D eigenvalue weighted by Gasteiger charge is 2.34. The van der Waals surface area contributed by atoms with E-state index in [1.807, 2.05) is 7.05 Å². The predicted molar refractivity (Wildman–Crippen MR) is 104 cm³/mol. The molecule has 0 aliphatic carbocycles. The fourth-order valence-corrected chi connectivity index (χ4v) is 5.16. The summed E-state index contributed by atoms with van der Waals surface area (Å²) in [5.41, 5.74) is 0. The van der Waals surface area contributed by atoms with Crippen molar-refractivity contribution in [2.75, 3.05) is 38.2 Å². The van der Waals surface area contributed by atoms with E-state index in [4.69, 9.17) is 4.74 Å². The van der Waals surface area contributed by atoms with Gasteiger partial charge in [-0.25, -0.2) is 16.8 Å². The third-order valence-corrected chi connectivity index (χ3v) is 7.93. The molecule has 1 saturated heterocycles. The number of nitrogens with one attached hydrogen (secondary N) is 1. The van der Waals surface area contributed by atoms with E-state index >= 15 is 0 Å². The van der Waals surface area contributed by atoms with Crippen LogP contribution in [0.15, 0.2) is 29.2 Å². The molecule has 1 heterocycles. The molecule has 7 nitrogen and oxygen atoms in total. The van der Waals surface area contributed by atoms with Crippen LogP contribution in [0.1, 0.15) is 19.8 Å². The fraction of sp³-hybridized carbons (Fsp3) is 0.625. The molecular weight excluding hydrogens is 400 g/mol. The molecule has 1 unspecified atom stereocenters. The molecule has 1 aromatic carbocycles. The number of benzene rings is 1. The molecule has 10 heteroatoms. The van der Waals surface area contributed by atoms with E-state index in [-0.39, 0.29) is 41.5 Å². The number of halogens is 1. The second-order valence-corrected chi connectivity index (χ2v) is 10.4. The van der Waals surface area contributed by atoms with Crippen molar-refractivity contribution in [3.63, 3.8) is 0 Å². The highest BCUT2D eigenvalue weighted by Crippen LogP contribution is 2.26. The molecule has 0 saturated carbocycles. The molecule has 0 radical (unpaired) electrons. The summed E-state index contributed by atoms with van der Waals surface area (Å²) in [6.07, 6.45) is 1.71. The first-order valence-corrected chi connectivity index (χ1v) is 11.7. The van der Waals surface area contributed by atoms with E-state index in [1.165, 1.54) is 12.1 Å². The first kappa shape index (κ1) is 23.2. The number of ether oxygens (including phenoxy) is 1. The number of nitrogens with zero attached hydrogens (tertiary/aromatic N) is 1. The molecule has 1 aromatic rings. The number of sulfonamides is 1. The summed E-state index contributed by atoms with van der Waals surface area (Å²) in [6.45, 7) is 2.81. The molecule has 150 valence electrons. The summed E-state index contributed by atoms with van der Waals surface area (Å²) in [7, 11) is -4.80. The lowest BCUT2D eigenvalue weighted by Gasteiger charge is -2.24. The van der Waals surface area contributed by atoms with Crippen molar-refractivity contribution in [1.82, 2.24) is 9.62 Å². The van der Waals surface area contributed by atoms with Crippen molar-refractivity contribution in [1.29, 1.82) is 0 Å². The van der Waals surface area contributed by atoms with E-state index in [1.54, 1.807) is 23.4 Å². The zero-order valence-corrected chi connectivity index (χ0v) is 17.5. The van der Waals surface area contributed by atoms with Crippen molar-refractivity contribution in [3.8, 4) is 5.75 Å². The summed E-state index contributed by atoms with van der Waals surface area (Å²) in [5, 5.41) is 3.04. The molecule has 0 spiro atoms. The van der Waals surface area contributed by atoms with Crippen LogP contribution in [-0.2, 0) is 19.9 Å². The Morgan fingerprint density at radius 3 is 2.42 bits per heavy atom. The lowest BCUT2D eigenvalue weighted by molar-refractivity contribution is 0.340. The predicted octanol–water partition coefficient (Wildman–Crippen LogP) is 1.29. The molecule has 0 amide bonds. The zero-order valence-electron chi connectivity index (χ0n) is 15.0. The van der Waals surface area contributed by atoms with Gasteiger partial charge in [-0.2, -0.15) is 4.31 Å². The van der Waals surface area contributed by atoms with Crippen LogP contribution in [0.5, 0.6) is 5.75 Å². The number of rotatable bonds is 9. The van der Waals surface area contributed by atoms with Crippen LogP contribution in [-0.4, -0.2) is 65.4 Å². The van der Waals surface area contributed by atoms with E-state index in [0.29, 0.717) is 18.8 Å². The van der Waals surface area contributed by atoms with Gasteiger partial charge in [0.15, 0.2) is 9.84 Å². The fourth-order valence-electron chi connectivity index (χ4n) is 2.84. The standard InChI is InChI=1S/C16H26N2O5S2.ClH/c1-3-24(19,20)12-11-23-15-6-8-16(9-7-15)25(21,22)18-10-4-5-14(18)13-17-2;/h6-9,14,17H,3-5,10-13H2,1-2H3;1H. The van der Waals surface area contributed by atoms with Crippen LogP contribution in [0.3, 0.4) is 0 Å². The quantitative estimate of drug-likeness (QED) is 0.639. The zero-order chi connectivity index (χ0) is 18.5. The van der Waals surface area contributed by atoms with Crippen molar-refractivity contribution >= 4 is 32.3 Å². The summed E-state index contributed by atoms with van der Waals surface area (Å²) < 4.78 is 55.4. The van der Waals surface area contributed by atoms with Gasteiger partial charge in [0.05, 0.1) is 10.6 Å². The average Bonchev–Trinajstić information content (AvgIpc) is 3.05. The van der Waals surface area contributed by atoms with Gasteiger partial charge in [0.2, 0.25) is 10.0 Å². The molecule has 1 aliphatic rings. The highest BCUT2D eigenvalue weighted by atomic mass is 35.5. The van der Waals surface area contributed by atoms with E-state index < -0.39 is 19.9 Å². The first-order chi connectivity index (χ1) is 11.8. The maximum Gasteiger partial charge on any atom is 0.243 e. The van der Waals surface area contributed by atoms with E-state index in [9.17, 15) is 16.8 Å². The minimum atomic E-state index is -3.53. The van der Waals surface area contributed by atoms with Gasteiger partial charge in [0.1, 0.15) is 12.4 Å². The SMILES string of the molecule is CCS(=O)(=O)CCOc1ccc(S(=O)(=O)N2CCCC2CNC)cc1.Cl. The Balaban J connectivity index is 0.00000338. The van der Waals surface area contributed by atoms with Gasteiger partial charge in [-0.05, 0) is 44.2 Å². The molecule has 1 N–H and O–H groups in total. The lowest BCUT2D eigenvalue weighted by Crippen LogP contribution is -2.40. The van der Waals surface area contributed by atoms with Gasteiger partial charge >= 0.3 is 0 Å². The van der Waals surface area contributed by atoms with Gasteiger partial charge in [0, 0.05) is 24.9 Å². The van der Waals surface area contributed by atoms with E-state index in [2.05, 4.69) is 5.32 Å². The molecule has 1 aliphatic heterocycles.